The van der Waals surface area contributed by atoms with Crippen molar-refractivity contribution in [2.24, 2.45) is 0 Å². The molecule has 0 bridgehead atoms. The fourth-order valence-electron chi connectivity index (χ4n) is 2.30. The quantitative estimate of drug-likeness (QED) is 0.726. The summed E-state index contributed by atoms with van der Waals surface area (Å²) in [4.78, 5) is 0. The maximum absolute atomic E-state index is 9.01. The van der Waals surface area contributed by atoms with Crippen LogP contribution in [0.2, 0.25) is 0 Å². The summed E-state index contributed by atoms with van der Waals surface area (Å²) in [6, 6.07) is 20.4. The lowest BCUT2D eigenvalue weighted by Gasteiger charge is -2.01. The summed E-state index contributed by atoms with van der Waals surface area (Å²) in [5.74, 6) is 0. The Hall–Kier alpha value is -2.86. The normalized spacial score (nSPS) is 10.3. The highest BCUT2D eigenvalue weighted by Crippen LogP contribution is 2.24. The van der Waals surface area contributed by atoms with Crippen LogP contribution < -0.4 is 0 Å². The van der Waals surface area contributed by atoms with Crippen molar-refractivity contribution >= 4 is 0 Å². The van der Waals surface area contributed by atoms with E-state index < -0.39 is 0 Å². The van der Waals surface area contributed by atoms with Crippen molar-refractivity contribution in [3.63, 3.8) is 0 Å². The Balaban J connectivity index is 2.09. The number of aryl methyl sites for hydroxylation is 1. The Labute approximate surface area is 124 Å². The van der Waals surface area contributed by atoms with Crippen LogP contribution in [0, 0.1) is 18.3 Å². The predicted molar refractivity (Wildman–Crippen MR) is 83.1 cm³/mol. The molecule has 0 atom stereocenters. The molecule has 102 valence electrons. The highest BCUT2D eigenvalue weighted by Gasteiger charge is 2.11. The molecule has 3 heteroatoms. The Morgan fingerprint density at radius 3 is 2.43 bits per heavy atom. The van der Waals surface area contributed by atoms with E-state index in [0.717, 1.165) is 22.5 Å². The van der Waals surface area contributed by atoms with Crippen molar-refractivity contribution in [2.45, 2.75) is 13.3 Å². The summed E-state index contributed by atoms with van der Waals surface area (Å²) in [7, 11) is 0. The molecule has 0 saturated carbocycles. The first-order chi connectivity index (χ1) is 10.3. The van der Waals surface area contributed by atoms with Crippen molar-refractivity contribution in [3.05, 3.63) is 72.1 Å². The van der Waals surface area contributed by atoms with E-state index in [2.05, 4.69) is 30.2 Å². The van der Waals surface area contributed by atoms with Crippen molar-refractivity contribution in [2.75, 3.05) is 0 Å². The van der Waals surface area contributed by atoms with Crippen LogP contribution in [0.25, 0.3) is 16.8 Å². The van der Waals surface area contributed by atoms with Crippen LogP contribution in [0.5, 0.6) is 0 Å². The largest absolute Gasteiger partial charge is 0.240 e. The molecular weight excluding hydrogens is 258 g/mol. The molecule has 0 spiro atoms. The van der Waals surface area contributed by atoms with E-state index in [1.807, 2.05) is 53.3 Å². The number of aromatic nitrogens is 2. The first kappa shape index (κ1) is 13.1. The van der Waals surface area contributed by atoms with Gasteiger partial charge in [0.25, 0.3) is 0 Å². The average molecular weight is 273 g/mol. The van der Waals surface area contributed by atoms with Gasteiger partial charge in [-0.25, -0.2) is 4.68 Å². The molecule has 0 aliphatic carbocycles. The highest BCUT2D eigenvalue weighted by atomic mass is 15.3. The Morgan fingerprint density at radius 1 is 1.05 bits per heavy atom. The van der Waals surface area contributed by atoms with Crippen LogP contribution in [0.1, 0.15) is 11.3 Å². The van der Waals surface area contributed by atoms with Gasteiger partial charge in [-0.2, -0.15) is 10.4 Å². The third-order valence-corrected chi connectivity index (χ3v) is 3.42. The minimum Gasteiger partial charge on any atom is -0.240 e. The number of nitrogens with zero attached hydrogens (tertiary/aromatic N) is 3. The van der Waals surface area contributed by atoms with Gasteiger partial charge in [0.1, 0.15) is 0 Å². The zero-order valence-electron chi connectivity index (χ0n) is 11.8. The summed E-state index contributed by atoms with van der Waals surface area (Å²) < 4.78 is 1.84. The van der Waals surface area contributed by atoms with E-state index >= 15 is 0 Å². The van der Waals surface area contributed by atoms with Gasteiger partial charge in [0.15, 0.2) is 0 Å². The smallest absolute Gasteiger partial charge is 0.0847 e. The zero-order valence-corrected chi connectivity index (χ0v) is 11.8. The van der Waals surface area contributed by atoms with E-state index in [4.69, 9.17) is 5.26 Å². The minimum absolute atomic E-state index is 0.309. The lowest BCUT2D eigenvalue weighted by molar-refractivity contribution is 0.852. The molecule has 1 aromatic heterocycles. The molecular formula is C18H15N3. The Bertz CT molecular complexity index is 778. The summed E-state index contributed by atoms with van der Waals surface area (Å²) in [6.45, 7) is 2.06. The predicted octanol–water partition coefficient (Wildman–Crippen LogP) is 3.91. The Kier molecular flexibility index (Phi) is 3.53. The van der Waals surface area contributed by atoms with Crippen molar-refractivity contribution in [1.29, 1.82) is 5.26 Å². The molecule has 0 saturated heterocycles. The van der Waals surface area contributed by atoms with Gasteiger partial charge in [-0.15, -0.1) is 0 Å². The molecule has 1 heterocycles. The molecule has 21 heavy (non-hydrogen) atoms. The molecule has 0 aliphatic rings. The number of hydrogen-bond acceptors (Lipinski definition) is 2. The second-order valence-corrected chi connectivity index (χ2v) is 4.97. The molecule has 0 fully saturated rings. The van der Waals surface area contributed by atoms with Crippen LogP contribution in [0.3, 0.4) is 0 Å². The van der Waals surface area contributed by atoms with Gasteiger partial charge in [0.05, 0.1) is 23.9 Å². The SMILES string of the molecule is Cc1ccc(-n2cc(-c3ccccc3)c(CC#N)n2)cc1. The molecule has 3 aromatic rings. The van der Waals surface area contributed by atoms with Gasteiger partial charge in [-0.05, 0) is 24.6 Å². The Morgan fingerprint density at radius 2 is 1.76 bits per heavy atom. The van der Waals surface area contributed by atoms with Crippen LogP contribution >= 0.6 is 0 Å². The lowest BCUT2D eigenvalue weighted by Crippen LogP contribution is -1.95. The molecule has 0 amide bonds. The van der Waals surface area contributed by atoms with Crippen LogP contribution in [-0.2, 0) is 6.42 Å². The summed E-state index contributed by atoms with van der Waals surface area (Å²) in [5, 5.41) is 13.6. The number of rotatable bonds is 3. The second-order valence-electron chi connectivity index (χ2n) is 4.97. The molecule has 0 N–H and O–H groups in total. The van der Waals surface area contributed by atoms with Crippen molar-refractivity contribution < 1.29 is 0 Å². The average Bonchev–Trinajstić information content (AvgIpc) is 2.93. The minimum atomic E-state index is 0.309. The van der Waals surface area contributed by atoms with E-state index in [1.165, 1.54) is 5.56 Å². The standard InChI is InChI=1S/C18H15N3/c1-14-7-9-16(10-8-14)21-13-17(18(20-21)11-12-19)15-5-3-2-4-6-15/h2-10,13H,11H2,1H3. The fourth-order valence-corrected chi connectivity index (χ4v) is 2.30. The molecule has 0 radical (unpaired) electrons. The summed E-state index contributed by atoms with van der Waals surface area (Å²) >= 11 is 0. The monoisotopic (exact) mass is 273 g/mol. The van der Waals surface area contributed by atoms with Gasteiger partial charge < -0.3 is 0 Å². The van der Waals surface area contributed by atoms with Gasteiger partial charge >= 0.3 is 0 Å². The van der Waals surface area contributed by atoms with E-state index in [1.54, 1.807) is 0 Å². The first-order valence-electron chi connectivity index (χ1n) is 6.86. The molecule has 3 nitrogen and oxygen atoms in total. The maximum Gasteiger partial charge on any atom is 0.0847 e. The topological polar surface area (TPSA) is 41.6 Å². The third-order valence-electron chi connectivity index (χ3n) is 3.42. The van der Waals surface area contributed by atoms with Gasteiger partial charge in [-0.1, -0.05) is 48.0 Å². The van der Waals surface area contributed by atoms with Gasteiger partial charge in [0, 0.05) is 11.8 Å². The summed E-state index contributed by atoms with van der Waals surface area (Å²) in [5.41, 5.74) is 5.12. The lowest BCUT2D eigenvalue weighted by atomic mass is 10.1. The zero-order chi connectivity index (χ0) is 14.7. The third kappa shape index (κ3) is 2.70. The number of benzene rings is 2. The molecule has 0 unspecified atom stereocenters. The second kappa shape index (κ2) is 5.64. The first-order valence-corrected chi connectivity index (χ1v) is 6.86. The van der Waals surface area contributed by atoms with E-state index in [-0.39, 0.29) is 0 Å². The molecule has 2 aromatic carbocycles. The van der Waals surface area contributed by atoms with E-state index in [9.17, 15) is 0 Å². The molecule has 0 aliphatic heterocycles. The highest BCUT2D eigenvalue weighted by molar-refractivity contribution is 5.66. The fraction of sp³-hybridized carbons (Fsp3) is 0.111. The van der Waals surface area contributed by atoms with Crippen LogP contribution in [0.15, 0.2) is 60.8 Å². The number of nitriles is 1. The maximum atomic E-state index is 9.01. The van der Waals surface area contributed by atoms with Gasteiger partial charge in [-0.3, -0.25) is 0 Å². The number of hydrogen-bond donors (Lipinski definition) is 0. The summed E-state index contributed by atoms with van der Waals surface area (Å²) in [6.07, 6.45) is 2.30. The van der Waals surface area contributed by atoms with E-state index in [0.29, 0.717) is 6.42 Å². The van der Waals surface area contributed by atoms with Crippen molar-refractivity contribution in [3.8, 4) is 22.9 Å². The molecule has 3 rings (SSSR count). The van der Waals surface area contributed by atoms with Crippen LogP contribution in [0.4, 0.5) is 0 Å². The van der Waals surface area contributed by atoms with Crippen LogP contribution in [-0.4, -0.2) is 9.78 Å². The van der Waals surface area contributed by atoms with Gasteiger partial charge in [0.2, 0.25) is 0 Å². The van der Waals surface area contributed by atoms with Crippen molar-refractivity contribution in [1.82, 2.24) is 9.78 Å².